The highest BCUT2D eigenvalue weighted by atomic mass is 16.5. The van der Waals surface area contributed by atoms with E-state index >= 15 is 0 Å². The number of carbonyl (C=O) groups excluding carboxylic acids is 1. The van der Waals surface area contributed by atoms with Crippen LogP contribution in [0, 0.1) is 18.8 Å². The van der Waals surface area contributed by atoms with Gasteiger partial charge in [-0.3, -0.25) is 9.78 Å². The summed E-state index contributed by atoms with van der Waals surface area (Å²) in [4.78, 5) is 18.1. The van der Waals surface area contributed by atoms with Crippen LogP contribution >= 0.6 is 0 Å². The maximum absolute atomic E-state index is 11.5. The summed E-state index contributed by atoms with van der Waals surface area (Å²) in [5.74, 6) is 0.151. The molecule has 2 fully saturated rings. The monoisotopic (exact) mass is 289 g/mol. The van der Waals surface area contributed by atoms with E-state index in [-0.39, 0.29) is 17.9 Å². The summed E-state index contributed by atoms with van der Waals surface area (Å²) < 4.78 is 5.80. The summed E-state index contributed by atoms with van der Waals surface area (Å²) in [6, 6.07) is 4.18. The van der Waals surface area contributed by atoms with E-state index in [9.17, 15) is 4.79 Å². The van der Waals surface area contributed by atoms with Crippen LogP contribution in [0.15, 0.2) is 18.3 Å². The van der Waals surface area contributed by atoms with Crippen molar-refractivity contribution in [2.24, 2.45) is 17.6 Å². The number of rotatable bonds is 3. The Morgan fingerprint density at radius 2 is 2.14 bits per heavy atom. The minimum absolute atomic E-state index is 0.0313. The second-order valence-electron chi connectivity index (χ2n) is 6.11. The molecule has 2 N–H and O–H groups in total. The van der Waals surface area contributed by atoms with Crippen LogP contribution in [0.2, 0.25) is 0 Å². The van der Waals surface area contributed by atoms with Crippen LogP contribution in [0.3, 0.4) is 0 Å². The van der Waals surface area contributed by atoms with Crippen LogP contribution in [0.25, 0.3) is 0 Å². The minimum atomic E-state index is -0.204. The largest absolute Gasteiger partial charge is 0.377 e. The number of piperidine rings is 1. The zero-order valence-corrected chi connectivity index (χ0v) is 12.5. The number of ether oxygens (including phenoxy) is 1. The van der Waals surface area contributed by atoms with Crippen LogP contribution < -0.4 is 10.6 Å². The number of hydrogen-bond acceptors (Lipinski definition) is 4. The topological polar surface area (TPSA) is 68.5 Å². The lowest BCUT2D eigenvalue weighted by Crippen LogP contribution is -2.42. The molecular formula is C16H23N3O2. The Bertz CT molecular complexity index is 512. The molecule has 0 aromatic carbocycles. The molecule has 5 heteroatoms. The van der Waals surface area contributed by atoms with Crippen molar-refractivity contribution in [2.75, 3.05) is 24.6 Å². The van der Waals surface area contributed by atoms with Gasteiger partial charge in [-0.15, -0.1) is 0 Å². The SMILES string of the molecule is Cc1cc(N2CCC([C@H]3OCC[C@@H]3C(N)=O)CC2)ccn1. The molecule has 0 radical (unpaired) electrons. The Kier molecular flexibility index (Phi) is 4.10. The number of hydrogen-bond donors (Lipinski definition) is 1. The highest BCUT2D eigenvalue weighted by Crippen LogP contribution is 2.34. The van der Waals surface area contributed by atoms with E-state index in [0.717, 1.165) is 38.0 Å². The van der Waals surface area contributed by atoms with Crippen molar-refractivity contribution in [3.05, 3.63) is 24.0 Å². The number of nitrogens with two attached hydrogens (primary N) is 1. The van der Waals surface area contributed by atoms with Crippen LogP contribution in [-0.2, 0) is 9.53 Å². The predicted molar refractivity (Wildman–Crippen MR) is 81.0 cm³/mol. The number of anilines is 1. The molecule has 0 unspecified atom stereocenters. The van der Waals surface area contributed by atoms with E-state index in [4.69, 9.17) is 10.5 Å². The Morgan fingerprint density at radius 3 is 2.81 bits per heavy atom. The third-order valence-corrected chi connectivity index (χ3v) is 4.75. The van der Waals surface area contributed by atoms with E-state index in [1.807, 2.05) is 13.1 Å². The molecule has 114 valence electrons. The number of pyridine rings is 1. The van der Waals surface area contributed by atoms with Crippen LogP contribution in [0.1, 0.15) is 25.0 Å². The second-order valence-corrected chi connectivity index (χ2v) is 6.11. The first-order chi connectivity index (χ1) is 10.1. The minimum Gasteiger partial charge on any atom is -0.377 e. The number of aromatic nitrogens is 1. The maximum Gasteiger partial charge on any atom is 0.223 e. The van der Waals surface area contributed by atoms with Gasteiger partial charge in [0.25, 0.3) is 0 Å². The Balaban J connectivity index is 1.61. The Labute approximate surface area is 125 Å². The molecule has 3 heterocycles. The second kappa shape index (κ2) is 6.02. The number of primary amides is 1. The first-order valence-electron chi connectivity index (χ1n) is 7.73. The molecule has 1 aromatic rings. The molecule has 2 aliphatic rings. The standard InChI is InChI=1S/C16H23N3O2/c1-11-10-13(2-6-18-11)19-7-3-12(4-8-19)15-14(16(17)20)5-9-21-15/h2,6,10,12,14-15H,3-5,7-9H2,1H3,(H2,17,20)/t14-,15+/m0/s1. The van der Waals surface area contributed by atoms with E-state index in [2.05, 4.69) is 22.0 Å². The lowest BCUT2D eigenvalue weighted by molar-refractivity contribution is -0.124. The van der Waals surface area contributed by atoms with Gasteiger partial charge in [0.05, 0.1) is 12.0 Å². The van der Waals surface area contributed by atoms with Crippen molar-refractivity contribution >= 4 is 11.6 Å². The molecule has 3 rings (SSSR count). The fourth-order valence-corrected chi connectivity index (χ4v) is 3.59. The van der Waals surface area contributed by atoms with Crippen LogP contribution in [0.4, 0.5) is 5.69 Å². The molecule has 2 atom stereocenters. The van der Waals surface area contributed by atoms with Crippen molar-refractivity contribution in [2.45, 2.75) is 32.3 Å². The molecule has 2 saturated heterocycles. The van der Waals surface area contributed by atoms with Gasteiger partial charge in [0.1, 0.15) is 0 Å². The molecular weight excluding hydrogens is 266 g/mol. The zero-order valence-electron chi connectivity index (χ0n) is 12.5. The van der Waals surface area contributed by atoms with Gasteiger partial charge in [0.2, 0.25) is 5.91 Å². The lowest BCUT2D eigenvalue weighted by Gasteiger charge is -2.37. The number of nitrogens with zero attached hydrogens (tertiary/aromatic N) is 2. The molecule has 5 nitrogen and oxygen atoms in total. The number of aryl methyl sites for hydroxylation is 1. The van der Waals surface area contributed by atoms with Gasteiger partial charge in [0.15, 0.2) is 0 Å². The Morgan fingerprint density at radius 1 is 1.38 bits per heavy atom. The average molecular weight is 289 g/mol. The third kappa shape index (κ3) is 3.02. The maximum atomic E-state index is 11.5. The van der Waals surface area contributed by atoms with Crippen molar-refractivity contribution in [1.82, 2.24) is 4.98 Å². The normalized spacial score (nSPS) is 27.0. The summed E-state index contributed by atoms with van der Waals surface area (Å²) in [5.41, 5.74) is 7.77. The van der Waals surface area contributed by atoms with Crippen LogP contribution in [-0.4, -0.2) is 36.7 Å². The molecule has 0 spiro atoms. The Hall–Kier alpha value is -1.62. The number of carbonyl (C=O) groups is 1. The zero-order chi connectivity index (χ0) is 14.8. The molecule has 21 heavy (non-hydrogen) atoms. The van der Waals surface area contributed by atoms with Crippen molar-refractivity contribution in [3.63, 3.8) is 0 Å². The predicted octanol–water partition coefficient (Wildman–Crippen LogP) is 1.50. The lowest BCUT2D eigenvalue weighted by atomic mass is 9.84. The molecule has 0 bridgehead atoms. The van der Waals surface area contributed by atoms with Gasteiger partial charge < -0.3 is 15.4 Å². The summed E-state index contributed by atoms with van der Waals surface area (Å²) >= 11 is 0. The van der Waals surface area contributed by atoms with E-state index in [1.165, 1.54) is 5.69 Å². The third-order valence-electron chi connectivity index (χ3n) is 4.75. The summed E-state index contributed by atoms with van der Waals surface area (Å²) in [7, 11) is 0. The van der Waals surface area contributed by atoms with Gasteiger partial charge in [-0.1, -0.05) is 0 Å². The first kappa shape index (κ1) is 14.3. The van der Waals surface area contributed by atoms with Gasteiger partial charge in [0, 0.05) is 37.3 Å². The molecule has 0 aliphatic carbocycles. The quantitative estimate of drug-likeness (QED) is 0.915. The van der Waals surface area contributed by atoms with Crippen LogP contribution in [0.5, 0.6) is 0 Å². The highest BCUT2D eigenvalue weighted by Gasteiger charge is 2.39. The molecule has 1 aromatic heterocycles. The van der Waals surface area contributed by atoms with Crippen molar-refractivity contribution < 1.29 is 9.53 Å². The summed E-state index contributed by atoms with van der Waals surface area (Å²) in [5, 5.41) is 0. The fourth-order valence-electron chi connectivity index (χ4n) is 3.59. The van der Waals surface area contributed by atoms with Gasteiger partial charge in [-0.25, -0.2) is 0 Å². The molecule has 1 amide bonds. The number of amides is 1. The van der Waals surface area contributed by atoms with Crippen molar-refractivity contribution in [3.8, 4) is 0 Å². The van der Waals surface area contributed by atoms with Crippen molar-refractivity contribution in [1.29, 1.82) is 0 Å². The van der Waals surface area contributed by atoms with Gasteiger partial charge >= 0.3 is 0 Å². The molecule has 0 saturated carbocycles. The van der Waals surface area contributed by atoms with Gasteiger partial charge in [-0.2, -0.15) is 0 Å². The van der Waals surface area contributed by atoms with E-state index < -0.39 is 0 Å². The average Bonchev–Trinajstić information content (AvgIpc) is 2.97. The first-order valence-corrected chi connectivity index (χ1v) is 7.73. The smallest absolute Gasteiger partial charge is 0.223 e. The highest BCUT2D eigenvalue weighted by molar-refractivity contribution is 5.77. The fraction of sp³-hybridized carbons (Fsp3) is 0.625. The van der Waals surface area contributed by atoms with Gasteiger partial charge in [-0.05, 0) is 44.2 Å². The summed E-state index contributed by atoms with van der Waals surface area (Å²) in [6.07, 6.45) is 4.78. The van der Waals surface area contributed by atoms with E-state index in [0.29, 0.717) is 12.5 Å². The summed E-state index contributed by atoms with van der Waals surface area (Å²) in [6.45, 7) is 4.68. The molecule has 2 aliphatic heterocycles. The van der Waals surface area contributed by atoms with E-state index in [1.54, 1.807) is 0 Å².